The smallest absolute Gasteiger partial charge is 0.128 e. The van der Waals surface area contributed by atoms with Crippen LogP contribution in [0.15, 0.2) is 30.5 Å². The number of nitrogens with zero attached hydrogens (tertiary/aromatic N) is 1. The second-order valence-electron chi connectivity index (χ2n) is 4.29. The Hall–Kier alpha value is -1.69. The van der Waals surface area contributed by atoms with Crippen LogP contribution in [0.5, 0.6) is 0 Å². The molecule has 0 spiro atoms. The topological polar surface area (TPSA) is 77.0 Å². The van der Waals surface area contributed by atoms with Gasteiger partial charge >= 0.3 is 0 Å². The van der Waals surface area contributed by atoms with Crippen LogP contribution in [0.25, 0.3) is 0 Å². The van der Waals surface area contributed by atoms with Crippen molar-refractivity contribution >= 4 is 17.4 Å². The molecule has 1 aromatic heterocycles. The van der Waals surface area contributed by atoms with E-state index in [0.29, 0.717) is 22.0 Å². The number of benzene rings is 1. The average molecular weight is 281 g/mol. The highest BCUT2D eigenvalue weighted by Gasteiger charge is 2.17. The Morgan fingerprint density at radius 3 is 2.68 bits per heavy atom. The number of aromatic nitrogens is 1. The van der Waals surface area contributed by atoms with Crippen LogP contribution in [0.2, 0.25) is 5.02 Å². The number of hydrogen-bond donors (Lipinski definition) is 3. The Bertz CT molecular complexity index is 583. The van der Waals surface area contributed by atoms with Crippen LogP contribution in [0, 0.1) is 12.7 Å². The maximum atomic E-state index is 13.5. The molecule has 4 nitrogen and oxygen atoms in total. The number of rotatable bonds is 3. The summed E-state index contributed by atoms with van der Waals surface area (Å²) in [5.41, 5.74) is 10.5. The van der Waals surface area contributed by atoms with E-state index in [1.807, 2.05) is 6.07 Å². The highest BCUT2D eigenvalue weighted by molar-refractivity contribution is 6.30. The molecule has 5 N–H and O–H groups in total. The van der Waals surface area contributed by atoms with Gasteiger partial charge in [0, 0.05) is 11.8 Å². The van der Waals surface area contributed by atoms with E-state index in [2.05, 4.69) is 10.4 Å². The largest absolute Gasteiger partial charge is 0.383 e. The molecule has 0 aliphatic rings. The van der Waals surface area contributed by atoms with Gasteiger partial charge in [0.15, 0.2) is 0 Å². The monoisotopic (exact) mass is 280 g/mol. The van der Waals surface area contributed by atoms with Gasteiger partial charge in [-0.05, 0) is 36.2 Å². The lowest BCUT2D eigenvalue weighted by molar-refractivity contribution is 0.604. The molecule has 100 valence electrons. The van der Waals surface area contributed by atoms with Crippen LogP contribution in [0.3, 0.4) is 0 Å². The molecule has 0 aliphatic heterocycles. The fourth-order valence-corrected chi connectivity index (χ4v) is 2.16. The van der Waals surface area contributed by atoms with Gasteiger partial charge in [-0.3, -0.25) is 5.84 Å². The zero-order valence-electron chi connectivity index (χ0n) is 10.3. The van der Waals surface area contributed by atoms with Crippen molar-refractivity contribution in [3.8, 4) is 0 Å². The summed E-state index contributed by atoms with van der Waals surface area (Å²) in [7, 11) is 0. The molecule has 2 rings (SSSR count). The molecule has 0 aliphatic carbocycles. The summed E-state index contributed by atoms with van der Waals surface area (Å²) in [5, 5.41) is 0.442. The van der Waals surface area contributed by atoms with Gasteiger partial charge in [0.05, 0.1) is 11.1 Å². The van der Waals surface area contributed by atoms with Crippen molar-refractivity contribution in [3.63, 3.8) is 0 Å². The standard InChI is InChI=1S/C13H14ClFN4/c1-7-2-8(4-10(15)3-7)12(19-17)11-5-9(14)6-18-13(11)16/h2-6,12,19H,17H2,1H3,(H2,16,18). The van der Waals surface area contributed by atoms with Gasteiger partial charge in [-0.15, -0.1) is 0 Å². The first-order valence-electron chi connectivity index (χ1n) is 5.65. The zero-order valence-corrected chi connectivity index (χ0v) is 11.1. The minimum absolute atomic E-state index is 0.300. The van der Waals surface area contributed by atoms with E-state index in [1.165, 1.54) is 18.3 Å². The van der Waals surface area contributed by atoms with Crippen molar-refractivity contribution in [2.45, 2.75) is 13.0 Å². The molecule has 0 bridgehead atoms. The molecule has 2 aromatic rings. The highest BCUT2D eigenvalue weighted by Crippen LogP contribution is 2.28. The number of hydrazine groups is 1. The molecule has 0 amide bonds. The van der Waals surface area contributed by atoms with Gasteiger partial charge in [-0.1, -0.05) is 17.7 Å². The Morgan fingerprint density at radius 1 is 1.32 bits per heavy atom. The lowest BCUT2D eigenvalue weighted by Crippen LogP contribution is -2.29. The van der Waals surface area contributed by atoms with Gasteiger partial charge in [0.2, 0.25) is 0 Å². The molecule has 0 saturated carbocycles. The van der Waals surface area contributed by atoms with Crippen LogP contribution in [-0.4, -0.2) is 4.98 Å². The molecular weight excluding hydrogens is 267 g/mol. The molecular formula is C13H14ClFN4. The van der Waals surface area contributed by atoms with Crippen LogP contribution >= 0.6 is 11.6 Å². The van der Waals surface area contributed by atoms with Gasteiger partial charge in [0.25, 0.3) is 0 Å². The van der Waals surface area contributed by atoms with E-state index in [-0.39, 0.29) is 5.82 Å². The van der Waals surface area contributed by atoms with Gasteiger partial charge < -0.3 is 5.73 Å². The molecule has 0 saturated heterocycles. The minimum Gasteiger partial charge on any atom is -0.383 e. The van der Waals surface area contributed by atoms with Crippen molar-refractivity contribution < 1.29 is 4.39 Å². The average Bonchev–Trinajstić information content (AvgIpc) is 2.33. The van der Waals surface area contributed by atoms with E-state index >= 15 is 0 Å². The number of nitrogens with one attached hydrogen (secondary N) is 1. The van der Waals surface area contributed by atoms with E-state index < -0.39 is 6.04 Å². The van der Waals surface area contributed by atoms with Gasteiger partial charge in [0.1, 0.15) is 11.6 Å². The van der Waals surface area contributed by atoms with Crippen LogP contribution in [-0.2, 0) is 0 Å². The van der Waals surface area contributed by atoms with Crippen LogP contribution < -0.4 is 17.0 Å². The first-order chi connectivity index (χ1) is 9.01. The van der Waals surface area contributed by atoms with Crippen molar-refractivity contribution in [3.05, 3.63) is 58.0 Å². The number of nitrogen functional groups attached to an aromatic ring is 1. The molecule has 19 heavy (non-hydrogen) atoms. The van der Waals surface area contributed by atoms with Crippen molar-refractivity contribution in [1.29, 1.82) is 0 Å². The Kier molecular flexibility index (Phi) is 3.99. The maximum absolute atomic E-state index is 13.5. The quantitative estimate of drug-likeness (QED) is 0.596. The summed E-state index contributed by atoms with van der Waals surface area (Å²) in [6.07, 6.45) is 1.45. The summed E-state index contributed by atoms with van der Waals surface area (Å²) in [5.74, 6) is 5.53. The lowest BCUT2D eigenvalue weighted by Gasteiger charge is -2.19. The summed E-state index contributed by atoms with van der Waals surface area (Å²) in [6, 6.07) is 5.86. The molecule has 1 heterocycles. The van der Waals surface area contributed by atoms with E-state index in [0.717, 1.165) is 5.56 Å². The summed E-state index contributed by atoms with van der Waals surface area (Å²) in [4.78, 5) is 3.97. The molecule has 1 aromatic carbocycles. The number of anilines is 1. The molecule has 0 fully saturated rings. The third-order valence-electron chi connectivity index (χ3n) is 2.79. The minimum atomic E-state index is -0.472. The SMILES string of the molecule is Cc1cc(F)cc(C(NN)c2cc(Cl)cnc2N)c1. The Morgan fingerprint density at radius 2 is 2.05 bits per heavy atom. The van der Waals surface area contributed by atoms with Crippen molar-refractivity contribution in [1.82, 2.24) is 10.4 Å². The van der Waals surface area contributed by atoms with Crippen LogP contribution in [0.1, 0.15) is 22.7 Å². The fraction of sp³-hybridized carbons (Fsp3) is 0.154. The highest BCUT2D eigenvalue weighted by atomic mass is 35.5. The van der Waals surface area contributed by atoms with Gasteiger partial charge in [-0.25, -0.2) is 14.8 Å². The number of halogens is 2. The third-order valence-corrected chi connectivity index (χ3v) is 3.00. The predicted molar refractivity (Wildman–Crippen MR) is 74.0 cm³/mol. The number of aryl methyl sites for hydroxylation is 1. The third kappa shape index (κ3) is 3.01. The Balaban J connectivity index is 2.52. The second kappa shape index (κ2) is 5.52. The first-order valence-corrected chi connectivity index (χ1v) is 6.03. The molecule has 1 atom stereocenters. The zero-order chi connectivity index (χ0) is 14.0. The normalized spacial score (nSPS) is 12.4. The number of hydrogen-bond acceptors (Lipinski definition) is 4. The summed E-state index contributed by atoms with van der Waals surface area (Å²) in [6.45, 7) is 1.81. The van der Waals surface area contributed by atoms with E-state index in [9.17, 15) is 4.39 Å². The summed E-state index contributed by atoms with van der Waals surface area (Å²) < 4.78 is 13.5. The second-order valence-corrected chi connectivity index (χ2v) is 4.73. The van der Waals surface area contributed by atoms with Crippen LogP contribution in [0.4, 0.5) is 10.2 Å². The van der Waals surface area contributed by atoms with Crippen molar-refractivity contribution in [2.75, 3.05) is 5.73 Å². The molecule has 1 unspecified atom stereocenters. The molecule has 6 heteroatoms. The first kappa shape index (κ1) is 13.7. The summed E-state index contributed by atoms with van der Waals surface area (Å²) >= 11 is 5.91. The number of pyridine rings is 1. The van der Waals surface area contributed by atoms with Crippen molar-refractivity contribution in [2.24, 2.45) is 5.84 Å². The lowest BCUT2D eigenvalue weighted by atomic mass is 9.98. The van der Waals surface area contributed by atoms with E-state index in [1.54, 1.807) is 13.0 Å². The Labute approximate surface area is 115 Å². The fourth-order valence-electron chi connectivity index (χ4n) is 1.99. The van der Waals surface area contributed by atoms with E-state index in [4.69, 9.17) is 23.2 Å². The predicted octanol–water partition coefficient (Wildman–Crippen LogP) is 2.32. The number of nitrogens with two attached hydrogens (primary N) is 2. The molecule has 0 radical (unpaired) electrons. The van der Waals surface area contributed by atoms with Gasteiger partial charge in [-0.2, -0.15) is 0 Å². The maximum Gasteiger partial charge on any atom is 0.128 e.